The zero-order valence-corrected chi connectivity index (χ0v) is 9.69. The molecule has 1 aliphatic heterocycles. The molecule has 2 aromatic rings. The molecule has 90 valence electrons. The third kappa shape index (κ3) is 1.78. The predicted molar refractivity (Wildman–Crippen MR) is 68.4 cm³/mol. The number of hydrogen-bond donors (Lipinski definition) is 1. The Kier molecular flexibility index (Phi) is 2.59. The van der Waals surface area contributed by atoms with E-state index in [4.69, 9.17) is 0 Å². The number of carbonyl (C=O) groups is 1. The summed E-state index contributed by atoms with van der Waals surface area (Å²) in [5.74, 6) is -0.462. The molecule has 3 rings (SSSR count). The first kappa shape index (κ1) is 11.0. The summed E-state index contributed by atoms with van der Waals surface area (Å²) in [7, 11) is 0. The Balaban J connectivity index is 1.93. The van der Waals surface area contributed by atoms with E-state index in [1.165, 1.54) is 12.1 Å². The van der Waals surface area contributed by atoms with Gasteiger partial charge in [-0.25, -0.2) is 4.39 Å². The van der Waals surface area contributed by atoms with E-state index in [1.54, 1.807) is 12.1 Å². The number of fused-ring (bicyclic) bond motifs is 1. The van der Waals surface area contributed by atoms with Crippen molar-refractivity contribution in [3.8, 4) is 0 Å². The van der Waals surface area contributed by atoms with E-state index in [-0.39, 0.29) is 17.5 Å². The van der Waals surface area contributed by atoms with Gasteiger partial charge in [0.25, 0.3) is 0 Å². The first-order valence-corrected chi connectivity index (χ1v) is 5.88. The van der Waals surface area contributed by atoms with Crippen LogP contribution in [0, 0.1) is 5.82 Å². The van der Waals surface area contributed by atoms with E-state index in [1.807, 2.05) is 24.3 Å². The molecule has 0 fully saturated rings. The summed E-state index contributed by atoms with van der Waals surface area (Å²) >= 11 is 0. The zero-order valence-electron chi connectivity index (χ0n) is 9.69. The maximum atomic E-state index is 12.8. The summed E-state index contributed by atoms with van der Waals surface area (Å²) in [6.07, 6.45) is 0. The fourth-order valence-electron chi connectivity index (χ4n) is 2.33. The van der Waals surface area contributed by atoms with E-state index in [0.717, 1.165) is 11.3 Å². The number of ketones is 1. The molecule has 2 nitrogen and oxygen atoms in total. The maximum absolute atomic E-state index is 12.8. The van der Waals surface area contributed by atoms with Gasteiger partial charge in [0.15, 0.2) is 5.78 Å². The van der Waals surface area contributed by atoms with Gasteiger partial charge in [-0.2, -0.15) is 0 Å². The second-order valence-electron chi connectivity index (χ2n) is 4.39. The fourth-order valence-corrected chi connectivity index (χ4v) is 2.33. The largest absolute Gasteiger partial charge is 0.384 e. The average Bonchev–Trinajstić information content (AvgIpc) is 2.82. The lowest BCUT2D eigenvalue weighted by molar-refractivity contribution is 0.0966. The summed E-state index contributed by atoms with van der Waals surface area (Å²) in [5.41, 5.74) is 2.59. The third-order valence-corrected chi connectivity index (χ3v) is 3.28. The van der Waals surface area contributed by atoms with Crippen molar-refractivity contribution in [1.29, 1.82) is 0 Å². The number of para-hydroxylation sites is 1. The van der Waals surface area contributed by atoms with Crippen molar-refractivity contribution < 1.29 is 9.18 Å². The molecule has 0 spiro atoms. The summed E-state index contributed by atoms with van der Waals surface area (Å²) < 4.78 is 12.8. The molecule has 0 saturated carbocycles. The highest BCUT2D eigenvalue weighted by atomic mass is 19.1. The van der Waals surface area contributed by atoms with E-state index >= 15 is 0 Å². The van der Waals surface area contributed by atoms with Crippen molar-refractivity contribution in [2.75, 3.05) is 11.9 Å². The number of halogens is 1. The van der Waals surface area contributed by atoms with Gasteiger partial charge >= 0.3 is 0 Å². The molecule has 0 radical (unpaired) electrons. The number of anilines is 1. The lowest BCUT2D eigenvalue weighted by Crippen LogP contribution is -2.14. The summed E-state index contributed by atoms with van der Waals surface area (Å²) in [6, 6.07) is 13.5. The second kappa shape index (κ2) is 4.26. The van der Waals surface area contributed by atoms with E-state index < -0.39 is 0 Å². The zero-order chi connectivity index (χ0) is 12.5. The van der Waals surface area contributed by atoms with Crippen LogP contribution in [0.5, 0.6) is 0 Å². The normalized spacial score (nSPS) is 17.1. The number of nitrogens with one attached hydrogen (secondary N) is 1. The Morgan fingerprint density at radius 2 is 1.83 bits per heavy atom. The number of carbonyl (C=O) groups excluding carboxylic acids is 1. The Labute approximate surface area is 104 Å². The second-order valence-corrected chi connectivity index (χ2v) is 4.39. The van der Waals surface area contributed by atoms with Gasteiger partial charge < -0.3 is 5.32 Å². The molecule has 1 aliphatic rings. The number of benzene rings is 2. The van der Waals surface area contributed by atoms with Crippen LogP contribution >= 0.6 is 0 Å². The van der Waals surface area contributed by atoms with Crippen molar-refractivity contribution in [2.24, 2.45) is 0 Å². The molecule has 0 amide bonds. The highest BCUT2D eigenvalue weighted by Gasteiger charge is 2.28. The van der Waals surface area contributed by atoms with Crippen LogP contribution in [0.25, 0.3) is 0 Å². The van der Waals surface area contributed by atoms with Crippen LogP contribution in [0.15, 0.2) is 48.5 Å². The van der Waals surface area contributed by atoms with Gasteiger partial charge in [0.2, 0.25) is 0 Å². The van der Waals surface area contributed by atoms with Crippen LogP contribution in [-0.4, -0.2) is 12.3 Å². The minimum absolute atomic E-state index is 0.0347. The molecule has 0 saturated heterocycles. The molecule has 0 aliphatic carbocycles. The molecule has 0 bridgehead atoms. The minimum atomic E-state index is -0.323. The third-order valence-electron chi connectivity index (χ3n) is 3.28. The Morgan fingerprint density at radius 1 is 1.11 bits per heavy atom. The molecule has 2 aromatic carbocycles. The van der Waals surface area contributed by atoms with Gasteiger partial charge in [-0.15, -0.1) is 0 Å². The summed E-state index contributed by atoms with van der Waals surface area (Å²) in [6.45, 7) is 0.607. The quantitative estimate of drug-likeness (QED) is 0.818. The monoisotopic (exact) mass is 241 g/mol. The van der Waals surface area contributed by atoms with Gasteiger partial charge in [-0.3, -0.25) is 4.79 Å². The Bertz CT molecular complexity index is 592. The molecule has 3 heteroatoms. The van der Waals surface area contributed by atoms with Gasteiger partial charge in [0, 0.05) is 17.8 Å². The molecule has 1 N–H and O–H groups in total. The molecular weight excluding hydrogens is 229 g/mol. The molecular formula is C15H12FNO. The van der Waals surface area contributed by atoms with Crippen molar-refractivity contribution in [2.45, 2.75) is 5.92 Å². The number of hydrogen-bond acceptors (Lipinski definition) is 2. The van der Waals surface area contributed by atoms with E-state index in [0.29, 0.717) is 12.1 Å². The first-order valence-electron chi connectivity index (χ1n) is 5.88. The van der Waals surface area contributed by atoms with Crippen LogP contribution < -0.4 is 5.32 Å². The molecule has 1 heterocycles. The van der Waals surface area contributed by atoms with Crippen LogP contribution in [0.1, 0.15) is 21.8 Å². The van der Waals surface area contributed by atoms with Crippen molar-refractivity contribution in [1.82, 2.24) is 0 Å². The topological polar surface area (TPSA) is 29.1 Å². The van der Waals surface area contributed by atoms with Crippen molar-refractivity contribution in [3.05, 3.63) is 65.5 Å². The van der Waals surface area contributed by atoms with Crippen molar-refractivity contribution >= 4 is 11.5 Å². The van der Waals surface area contributed by atoms with Crippen LogP contribution in [0.2, 0.25) is 0 Å². The van der Waals surface area contributed by atoms with Gasteiger partial charge in [-0.05, 0) is 35.9 Å². The summed E-state index contributed by atoms with van der Waals surface area (Å²) in [5, 5.41) is 3.22. The Morgan fingerprint density at radius 3 is 2.61 bits per heavy atom. The predicted octanol–water partition coefficient (Wildman–Crippen LogP) is 3.22. The first-order chi connectivity index (χ1) is 8.75. The highest BCUT2D eigenvalue weighted by molar-refractivity contribution is 6.03. The lowest BCUT2D eigenvalue weighted by atomic mass is 9.92. The van der Waals surface area contributed by atoms with Gasteiger partial charge in [0.1, 0.15) is 5.82 Å². The van der Waals surface area contributed by atoms with E-state index in [9.17, 15) is 9.18 Å². The van der Waals surface area contributed by atoms with Crippen LogP contribution in [0.3, 0.4) is 0 Å². The Hall–Kier alpha value is -2.16. The number of Topliss-reactive ketones (excluding diaryl/α,β-unsaturated/α-hetero) is 1. The summed E-state index contributed by atoms with van der Waals surface area (Å²) in [4.78, 5) is 12.4. The van der Waals surface area contributed by atoms with Gasteiger partial charge in [-0.1, -0.05) is 18.2 Å². The molecule has 1 unspecified atom stereocenters. The SMILES string of the molecule is O=C(c1ccc(F)cc1)C1CNc2ccccc21. The smallest absolute Gasteiger partial charge is 0.172 e. The van der Waals surface area contributed by atoms with Crippen molar-refractivity contribution in [3.63, 3.8) is 0 Å². The minimum Gasteiger partial charge on any atom is -0.384 e. The lowest BCUT2D eigenvalue weighted by Gasteiger charge is -2.09. The van der Waals surface area contributed by atoms with E-state index in [2.05, 4.69) is 5.32 Å². The standard InChI is InChI=1S/C15H12FNO/c16-11-7-5-10(6-8-11)15(18)13-9-17-14-4-2-1-3-12(13)14/h1-8,13,17H,9H2. The molecule has 18 heavy (non-hydrogen) atoms. The molecule has 1 atom stereocenters. The number of rotatable bonds is 2. The van der Waals surface area contributed by atoms with Gasteiger partial charge in [0.05, 0.1) is 5.92 Å². The van der Waals surface area contributed by atoms with Crippen LogP contribution in [-0.2, 0) is 0 Å². The average molecular weight is 241 g/mol. The molecule has 0 aromatic heterocycles. The maximum Gasteiger partial charge on any atom is 0.172 e. The fraction of sp³-hybridized carbons (Fsp3) is 0.133. The highest BCUT2D eigenvalue weighted by Crippen LogP contribution is 2.33. The van der Waals surface area contributed by atoms with Crippen LogP contribution in [0.4, 0.5) is 10.1 Å².